The second kappa shape index (κ2) is 4.96. The fraction of sp³-hybridized carbons (Fsp3) is 0.0952. The van der Waals surface area contributed by atoms with E-state index in [1.54, 1.807) is 0 Å². The molecule has 0 fully saturated rings. The Morgan fingerprint density at radius 2 is 1.75 bits per heavy atom. The Morgan fingerprint density at radius 1 is 0.875 bits per heavy atom. The van der Waals surface area contributed by atoms with Crippen molar-refractivity contribution in [1.82, 2.24) is 9.55 Å². The van der Waals surface area contributed by atoms with Gasteiger partial charge in [-0.1, -0.05) is 49.4 Å². The molecule has 116 valence electrons. The van der Waals surface area contributed by atoms with Gasteiger partial charge in [0.2, 0.25) is 0 Å². The molecule has 2 heterocycles. The van der Waals surface area contributed by atoms with Gasteiger partial charge < -0.3 is 4.74 Å². The van der Waals surface area contributed by atoms with Crippen LogP contribution in [0, 0.1) is 0 Å². The van der Waals surface area contributed by atoms with Crippen molar-refractivity contribution in [2.75, 3.05) is 0 Å². The molecular weight excluding hydrogens is 296 g/mol. The summed E-state index contributed by atoms with van der Waals surface area (Å²) in [7, 11) is 0. The van der Waals surface area contributed by atoms with Gasteiger partial charge in [-0.25, -0.2) is 4.98 Å². The minimum Gasteiger partial charge on any atom is -0.453 e. The maximum atomic E-state index is 6.21. The second-order valence-corrected chi connectivity index (χ2v) is 5.99. The SMILES string of the molecule is CCc1nc2cccc3c2n1-c1ccc(-c2ccccc2)cc1O3. The molecule has 3 nitrogen and oxygen atoms in total. The first kappa shape index (κ1) is 13.4. The van der Waals surface area contributed by atoms with Crippen molar-refractivity contribution in [3.63, 3.8) is 0 Å². The van der Waals surface area contributed by atoms with Gasteiger partial charge in [0.25, 0.3) is 0 Å². The highest BCUT2D eigenvalue weighted by Gasteiger charge is 2.23. The molecule has 0 spiro atoms. The van der Waals surface area contributed by atoms with E-state index in [2.05, 4.69) is 54.0 Å². The third-order valence-corrected chi connectivity index (χ3v) is 4.55. The lowest BCUT2D eigenvalue weighted by atomic mass is 10.0. The van der Waals surface area contributed by atoms with Crippen LogP contribution in [0.2, 0.25) is 0 Å². The van der Waals surface area contributed by atoms with E-state index in [-0.39, 0.29) is 0 Å². The van der Waals surface area contributed by atoms with Crippen LogP contribution in [0.15, 0.2) is 66.7 Å². The third kappa shape index (κ3) is 1.81. The van der Waals surface area contributed by atoms with Crippen LogP contribution in [0.4, 0.5) is 0 Å². The Balaban J connectivity index is 1.77. The number of imidazole rings is 1. The summed E-state index contributed by atoms with van der Waals surface area (Å²) in [6, 6.07) is 22.8. The Labute approximate surface area is 140 Å². The largest absolute Gasteiger partial charge is 0.453 e. The van der Waals surface area contributed by atoms with Crippen LogP contribution in [-0.2, 0) is 6.42 Å². The quantitative estimate of drug-likeness (QED) is 0.439. The van der Waals surface area contributed by atoms with Crippen LogP contribution < -0.4 is 4.74 Å². The number of rotatable bonds is 2. The molecule has 0 unspecified atom stereocenters. The maximum Gasteiger partial charge on any atom is 0.153 e. The molecule has 0 saturated carbocycles. The lowest BCUT2D eigenvalue weighted by Crippen LogP contribution is -2.07. The first-order valence-electron chi connectivity index (χ1n) is 8.23. The molecule has 3 aromatic carbocycles. The number of nitrogens with zero attached hydrogens (tertiary/aromatic N) is 2. The number of hydrogen-bond acceptors (Lipinski definition) is 2. The van der Waals surface area contributed by atoms with E-state index >= 15 is 0 Å². The molecule has 24 heavy (non-hydrogen) atoms. The van der Waals surface area contributed by atoms with E-state index < -0.39 is 0 Å². The van der Waals surface area contributed by atoms with E-state index in [0.717, 1.165) is 46.0 Å². The zero-order valence-electron chi connectivity index (χ0n) is 13.4. The van der Waals surface area contributed by atoms with Gasteiger partial charge in [-0.05, 0) is 35.4 Å². The van der Waals surface area contributed by atoms with Gasteiger partial charge >= 0.3 is 0 Å². The highest BCUT2D eigenvalue weighted by atomic mass is 16.5. The normalized spacial score (nSPS) is 12.0. The molecule has 1 aromatic heterocycles. The number of ether oxygens (including phenoxy) is 1. The van der Waals surface area contributed by atoms with Crippen molar-refractivity contribution >= 4 is 11.0 Å². The summed E-state index contributed by atoms with van der Waals surface area (Å²) in [6.07, 6.45) is 0.883. The molecule has 0 N–H and O–H groups in total. The van der Waals surface area contributed by atoms with Gasteiger partial charge in [-0.2, -0.15) is 0 Å². The van der Waals surface area contributed by atoms with Crippen LogP contribution in [0.1, 0.15) is 12.7 Å². The summed E-state index contributed by atoms with van der Waals surface area (Å²) >= 11 is 0. The molecule has 0 aliphatic carbocycles. The lowest BCUT2D eigenvalue weighted by molar-refractivity contribution is 0.474. The van der Waals surface area contributed by atoms with Gasteiger partial charge in [0.1, 0.15) is 11.3 Å². The van der Waals surface area contributed by atoms with E-state index in [9.17, 15) is 0 Å². The van der Waals surface area contributed by atoms with Gasteiger partial charge in [-0.3, -0.25) is 4.57 Å². The fourth-order valence-corrected chi connectivity index (χ4v) is 3.43. The monoisotopic (exact) mass is 312 g/mol. The summed E-state index contributed by atoms with van der Waals surface area (Å²) in [4.78, 5) is 4.77. The molecule has 0 amide bonds. The van der Waals surface area contributed by atoms with Crippen molar-refractivity contribution in [3.05, 3.63) is 72.6 Å². The van der Waals surface area contributed by atoms with Gasteiger partial charge in [-0.15, -0.1) is 0 Å². The number of aromatic nitrogens is 2. The third-order valence-electron chi connectivity index (χ3n) is 4.55. The predicted molar refractivity (Wildman–Crippen MR) is 96.0 cm³/mol. The Bertz CT molecular complexity index is 1060. The Hall–Kier alpha value is -3.07. The van der Waals surface area contributed by atoms with Crippen LogP contribution in [0.3, 0.4) is 0 Å². The topological polar surface area (TPSA) is 27.1 Å². The molecule has 3 heteroatoms. The van der Waals surface area contributed by atoms with Gasteiger partial charge in [0, 0.05) is 6.42 Å². The molecule has 0 bridgehead atoms. The Kier molecular flexibility index (Phi) is 2.77. The number of aryl methyl sites for hydroxylation is 1. The molecular formula is C21H16N2O. The number of benzene rings is 3. The van der Waals surface area contributed by atoms with Crippen molar-refractivity contribution in [1.29, 1.82) is 0 Å². The summed E-state index contributed by atoms with van der Waals surface area (Å²) < 4.78 is 8.44. The lowest BCUT2D eigenvalue weighted by Gasteiger charge is -2.21. The Morgan fingerprint density at radius 3 is 2.58 bits per heavy atom. The number of para-hydroxylation sites is 1. The van der Waals surface area contributed by atoms with E-state index in [0.29, 0.717) is 0 Å². The van der Waals surface area contributed by atoms with Crippen LogP contribution in [0.25, 0.3) is 27.8 Å². The standard InChI is InChI=1S/C21H16N2O/c1-2-20-22-16-9-6-10-18-21(16)23(20)17-12-11-15(13-19(17)24-18)14-7-4-3-5-8-14/h3-13H,2H2,1H3. The van der Waals surface area contributed by atoms with E-state index in [1.165, 1.54) is 5.56 Å². The summed E-state index contributed by atoms with van der Waals surface area (Å²) in [5.41, 5.74) is 5.46. The zero-order valence-corrected chi connectivity index (χ0v) is 13.4. The maximum absolute atomic E-state index is 6.21. The average Bonchev–Trinajstić information content (AvgIpc) is 3.03. The number of fused-ring (bicyclic) bond motifs is 2. The number of hydrogen-bond donors (Lipinski definition) is 0. The smallest absolute Gasteiger partial charge is 0.153 e. The minimum absolute atomic E-state index is 0.873. The molecule has 0 atom stereocenters. The van der Waals surface area contributed by atoms with Crippen LogP contribution in [0.5, 0.6) is 11.5 Å². The van der Waals surface area contributed by atoms with E-state index in [1.807, 2.05) is 24.3 Å². The van der Waals surface area contributed by atoms with Crippen LogP contribution in [-0.4, -0.2) is 9.55 Å². The zero-order chi connectivity index (χ0) is 16.1. The highest BCUT2D eigenvalue weighted by Crippen LogP contribution is 2.42. The second-order valence-electron chi connectivity index (χ2n) is 5.99. The fourth-order valence-electron chi connectivity index (χ4n) is 3.43. The van der Waals surface area contributed by atoms with E-state index in [4.69, 9.17) is 9.72 Å². The minimum atomic E-state index is 0.873. The first-order valence-corrected chi connectivity index (χ1v) is 8.23. The molecule has 1 aliphatic heterocycles. The van der Waals surface area contributed by atoms with Crippen molar-refractivity contribution < 1.29 is 4.74 Å². The van der Waals surface area contributed by atoms with Gasteiger partial charge in [0.05, 0.1) is 11.2 Å². The van der Waals surface area contributed by atoms with Crippen LogP contribution >= 0.6 is 0 Å². The van der Waals surface area contributed by atoms with Gasteiger partial charge in [0.15, 0.2) is 11.5 Å². The molecule has 0 radical (unpaired) electrons. The summed E-state index contributed by atoms with van der Waals surface area (Å²) in [6.45, 7) is 2.14. The molecule has 5 rings (SSSR count). The molecule has 4 aromatic rings. The van der Waals surface area contributed by atoms with Crippen molar-refractivity contribution in [3.8, 4) is 28.3 Å². The molecule has 0 saturated heterocycles. The van der Waals surface area contributed by atoms with Crippen molar-refractivity contribution in [2.45, 2.75) is 13.3 Å². The molecule has 1 aliphatic rings. The summed E-state index contributed by atoms with van der Waals surface area (Å²) in [5, 5.41) is 0. The predicted octanol–water partition coefficient (Wildman–Crippen LogP) is 5.36. The van der Waals surface area contributed by atoms with Crippen molar-refractivity contribution in [2.24, 2.45) is 0 Å². The first-order chi connectivity index (χ1) is 11.8. The highest BCUT2D eigenvalue weighted by molar-refractivity contribution is 5.87. The summed E-state index contributed by atoms with van der Waals surface area (Å²) in [5.74, 6) is 2.82. The average molecular weight is 312 g/mol.